The normalized spacial score (nSPS) is 12.5. The summed E-state index contributed by atoms with van der Waals surface area (Å²) in [6.07, 6.45) is 0. The fraction of sp³-hybridized carbons (Fsp3) is 0.167. The molecule has 0 bridgehead atoms. The van der Waals surface area contributed by atoms with Gasteiger partial charge in [0.05, 0.1) is 27.4 Å². The van der Waals surface area contributed by atoms with Crippen LogP contribution in [0.2, 0.25) is 10.0 Å². The number of alkyl halides is 1. The van der Waals surface area contributed by atoms with E-state index in [1.54, 1.807) is 30.6 Å². The van der Waals surface area contributed by atoms with Gasteiger partial charge in [0, 0.05) is 0 Å². The molecule has 0 radical (unpaired) electrons. The maximum atomic E-state index is 6.41. The van der Waals surface area contributed by atoms with Crippen molar-refractivity contribution in [2.24, 2.45) is 0 Å². The minimum Gasteiger partial charge on any atom is -0.496 e. The van der Waals surface area contributed by atoms with E-state index in [2.05, 4.69) is 0 Å². The van der Waals surface area contributed by atoms with Gasteiger partial charge in [-0.25, -0.2) is 0 Å². The molecule has 0 N–H and O–H groups in total. The lowest BCUT2D eigenvalue weighted by Crippen LogP contribution is -1.93. The molecular formula is C12H9Cl3OS. The minimum absolute atomic E-state index is 0.278. The van der Waals surface area contributed by atoms with E-state index in [0.29, 0.717) is 10.0 Å². The van der Waals surface area contributed by atoms with Gasteiger partial charge >= 0.3 is 0 Å². The molecule has 0 spiro atoms. The van der Waals surface area contributed by atoms with E-state index in [0.717, 1.165) is 16.2 Å². The zero-order valence-corrected chi connectivity index (χ0v) is 12.0. The Bertz CT molecular complexity index is 524. The molecule has 1 aromatic carbocycles. The largest absolute Gasteiger partial charge is 0.496 e. The highest BCUT2D eigenvalue weighted by Gasteiger charge is 2.17. The minimum atomic E-state index is -0.278. The van der Waals surface area contributed by atoms with Gasteiger partial charge in [-0.3, -0.25) is 0 Å². The Morgan fingerprint density at radius 2 is 1.94 bits per heavy atom. The molecule has 0 saturated heterocycles. The van der Waals surface area contributed by atoms with E-state index in [1.165, 1.54) is 0 Å². The van der Waals surface area contributed by atoms with Gasteiger partial charge in [0.25, 0.3) is 0 Å². The standard InChI is InChI=1S/C12H9Cl3OS/c1-16-10-4-5-17-12(10)11(15)7-2-3-8(13)9(14)6-7/h2-6,11H,1H3. The first kappa shape index (κ1) is 13.0. The van der Waals surface area contributed by atoms with Gasteiger partial charge in [0.2, 0.25) is 0 Å². The molecule has 0 aliphatic carbocycles. The van der Waals surface area contributed by atoms with Gasteiger partial charge in [-0.05, 0) is 29.1 Å². The van der Waals surface area contributed by atoms with E-state index in [4.69, 9.17) is 39.5 Å². The topological polar surface area (TPSA) is 9.23 Å². The molecule has 0 aliphatic rings. The van der Waals surface area contributed by atoms with E-state index >= 15 is 0 Å². The quantitative estimate of drug-likeness (QED) is 0.691. The zero-order valence-electron chi connectivity index (χ0n) is 8.91. The summed E-state index contributed by atoms with van der Waals surface area (Å²) in [6.45, 7) is 0. The van der Waals surface area contributed by atoms with Crippen molar-refractivity contribution in [1.29, 1.82) is 0 Å². The van der Waals surface area contributed by atoms with E-state index in [1.807, 2.05) is 17.5 Å². The molecule has 1 aromatic heterocycles. The summed E-state index contributed by atoms with van der Waals surface area (Å²) in [5.41, 5.74) is 0.904. The van der Waals surface area contributed by atoms with Crippen LogP contribution in [0.3, 0.4) is 0 Å². The van der Waals surface area contributed by atoms with E-state index in [-0.39, 0.29) is 5.38 Å². The lowest BCUT2D eigenvalue weighted by atomic mass is 10.1. The first-order valence-electron chi connectivity index (χ1n) is 4.84. The highest BCUT2D eigenvalue weighted by molar-refractivity contribution is 7.10. The number of methoxy groups -OCH3 is 1. The summed E-state index contributed by atoms with van der Waals surface area (Å²) >= 11 is 19.8. The molecule has 1 atom stereocenters. The lowest BCUT2D eigenvalue weighted by Gasteiger charge is -2.11. The predicted molar refractivity (Wildman–Crippen MR) is 75.0 cm³/mol. The first-order chi connectivity index (χ1) is 8.13. The third-order valence-electron chi connectivity index (χ3n) is 2.34. The highest BCUT2D eigenvalue weighted by Crippen LogP contribution is 2.40. The van der Waals surface area contributed by atoms with Crippen LogP contribution in [0.1, 0.15) is 15.8 Å². The van der Waals surface area contributed by atoms with Crippen molar-refractivity contribution in [3.63, 3.8) is 0 Å². The number of rotatable bonds is 3. The van der Waals surface area contributed by atoms with Crippen LogP contribution >= 0.6 is 46.1 Å². The van der Waals surface area contributed by atoms with Gasteiger partial charge < -0.3 is 4.74 Å². The van der Waals surface area contributed by atoms with Gasteiger partial charge in [0.15, 0.2) is 0 Å². The maximum absolute atomic E-state index is 6.41. The van der Waals surface area contributed by atoms with Crippen LogP contribution in [0.15, 0.2) is 29.6 Å². The fourth-order valence-corrected chi connectivity index (χ4v) is 3.05. The van der Waals surface area contributed by atoms with E-state index < -0.39 is 0 Å². The maximum Gasteiger partial charge on any atom is 0.134 e. The number of hydrogen-bond donors (Lipinski definition) is 0. The summed E-state index contributed by atoms with van der Waals surface area (Å²) in [6, 6.07) is 7.29. The van der Waals surface area contributed by atoms with Crippen LogP contribution < -0.4 is 4.74 Å². The summed E-state index contributed by atoms with van der Waals surface area (Å²) in [5, 5.41) is 2.70. The molecule has 0 fully saturated rings. The fourth-order valence-electron chi connectivity index (χ4n) is 1.48. The molecule has 90 valence electrons. The number of ether oxygens (including phenoxy) is 1. The molecule has 1 unspecified atom stereocenters. The van der Waals surface area contributed by atoms with Crippen LogP contribution in [-0.2, 0) is 0 Å². The first-order valence-corrected chi connectivity index (χ1v) is 6.91. The Morgan fingerprint density at radius 3 is 2.59 bits per heavy atom. The molecule has 0 aliphatic heterocycles. The Morgan fingerprint density at radius 1 is 1.18 bits per heavy atom. The Balaban J connectivity index is 2.36. The van der Waals surface area contributed by atoms with Crippen molar-refractivity contribution in [3.05, 3.63) is 50.1 Å². The Kier molecular flexibility index (Phi) is 4.21. The third kappa shape index (κ3) is 2.71. The number of benzene rings is 1. The lowest BCUT2D eigenvalue weighted by molar-refractivity contribution is 0.413. The summed E-state index contributed by atoms with van der Waals surface area (Å²) < 4.78 is 5.25. The van der Waals surface area contributed by atoms with Gasteiger partial charge in [-0.2, -0.15) is 0 Å². The highest BCUT2D eigenvalue weighted by atomic mass is 35.5. The molecule has 2 aromatic rings. The second-order valence-electron chi connectivity index (χ2n) is 3.39. The predicted octanol–water partition coefficient (Wildman–Crippen LogP) is 5.39. The SMILES string of the molecule is COc1ccsc1C(Cl)c1ccc(Cl)c(Cl)c1. The molecule has 1 heterocycles. The molecule has 1 nitrogen and oxygen atoms in total. The Labute approximate surface area is 119 Å². The Hall–Kier alpha value is -0.410. The van der Waals surface area contributed by atoms with Crippen molar-refractivity contribution in [1.82, 2.24) is 0 Å². The zero-order chi connectivity index (χ0) is 12.4. The van der Waals surface area contributed by atoms with Crippen molar-refractivity contribution in [3.8, 4) is 5.75 Å². The van der Waals surface area contributed by atoms with Crippen LogP contribution in [0.4, 0.5) is 0 Å². The van der Waals surface area contributed by atoms with Gasteiger partial charge in [-0.15, -0.1) is 22.9 Å². The number of hydrogen-bond acceptors (Lipinski definition) is 2. The molecule has 17 heavy (non-hydrogen) atoms. The summed E-state index contributed by atoms with van der Waals surface area (Å²) in [7, 11) is 1.63. The average Bonchev–Trinajstić information content (AvgIpc) is 2.80. The molecule has 0 amide bonds. The van der Waals surface area contributed by atoms with Gasteiger partial charge in [-0.1, -0.05) is 29.3 Å². The second kappa shape index (κ2) is 5.49. The molecule has 5 heteroatoms. The van der Waals surface area contributed by atoms with Crippen LogP contribution in [-0.4, -0.2) is 7.11 Å². The van der Waals surface area contributed by atoms with Crippen LogP contribution in [0, 0.1) is 0 Å². The molecular weight excluding hydrogens is 299 g/mol. The summed E-state index contributed by atoms with van der Waals surface area (Å²) in [4.78, 5) is 0.965. The third-order valence-corrected chi connectivity index (χ3v) is 4.65. The average molecular weight is 308 g/mol. The summed E-state index contributed by atoms with van der Waals surface area (Å²) in [5.74, 6) is 0.793. The van der Waals surface area contributed by atoms with Crippen LogP contribution in [0.25, 0.3) is 0 Å². The smallest absolute Gasteiger partial charge is 0.134 e. The van der Waals surface area contributed by atoms with Crippen molar-refractivity contribution in [2.75, 3.05) is 7.11 Å². The molecule has 2 rings (SSSR count). The number of thiophene rings is 1. The second-order valence-corrected chi connectivity index (χ2v) is 5.59. The number of halogens is 3. The molecule has 0 saturated carbocycles. The van der Waals surface area contributed by atoms with E-state index in [9.17, 15) is 0 Å². The monoisotopic (exact) mass is 306 g/mol. The van der Waals surface area contributed by atoms with Gasteiger partial charge in [0.1, 0.15) is 5.75 Å². The van der Waals surface area contributed by atoms with Crippen molar-refractivity contribution >= 4 is 46.1 Å². The van der Waals surface area contributed by atoms with Crippen LogP contribution in [0.5, 0.6) is 5.75 Å². The van der Waals surface area contributed by atoms with Crippen molar-refractivity contribution < 1.29 is 4.74 Å². The van der Waals surface area contributed by atoms with Crippen molar-refractivity contribution in [2.45, 2.75) is 5.38 Å².